The van der Waals surface area contributed by atoms with E-state index in [1.165, 1.54) is 6.92 Å². The highest BCUT2D eigenvalue weighted by atomic mass is 16.1. The van der Waals surface area contributed by atoms with Gasteiger partial charge in [-0.3, -0.25) is 9.59 Å². The number of aromatic nitrogens is 1. The van der Waals surface area contributed by atoms with Crippen LogP contribution in [0.5, 0.6) is 0 Å². The zero-order valence-corrected chi connectivity index (χ0v) is 16.1. The molecule has 0 saturated heterocycles. The van der Waals surface area contributed by atoms with E-state index in [9.17, 15) is 9.59 Å². The van der Waals surface area contributed by atoms with E-state index in [1.54, 1.807) is 42.6 Å². The molecular formula is C22H22N4O2. The monoisotopic (exact) mass is 374 g/mol. The standard InChI is InChI=1S/C22H22N4O2/c1-15(27)16-5-4-6-19(13-16)25-22(28)17-11-12-23-21(14-17)24-18-7-9-20(10-8-18)26(2)3/h4-14H,1-3H3,(H,23,24)(H,25,28). The summed E-state index contributed by atoms with van der Waals surface area (Å²) in [4.78, 5) is 30.4. The van der Waals surface area contributed by atoms with E-state index in [0.29, 0.717) is 22.6 Å². The molecule has 0 saturated carbocycles. The number of amides is 1. The molecule has 142 valence electrons. The molecule has 3 aromatic rings. The van der Waals surface area contributed by atoms with Crippen LogP contribution in [0.25, 0.3) is 0 Å². The second kappa shape index (κ2) is 8.35. The van der Waals surface area contributed by atoms with Crippen molar-refractivity contribution in [3.63, 3.8) is 0 Å². The molecule has 28 heavy (non-hydrogen) atoms. The summed E-state index contributed by atoms with van der Waals surface area (Å²) in [7, 11) is 3.97. The summed E-state index contributed by atoms with van der Waals surface area (Å²) < 4.78 is 0. The van der Waals surface area contributed by atoms with E-state index in [1.807, 2.05) is 43.3 Å². The molecule has 0 aliphatic rings. The lowest BCUT2D eigenvalue weighted by Crippen LogP contribution is -2.13. The highest BCUT2D eigenvalue weighted by molar-refractivity contribution is 6.05. The molecule has 1 amide bonds. The summed E-state index contributed by atoms with van der Waals surface area (Å²) in [6, 6.07) is 18.1. The van der Waals surface area contributed by atoms with Crippen molar-refractivity contribution in [3.8, 4) is 0 Å². The molecule has 0 aliphatic heterocycles. The van der Waals surface area contributed by atoms with Crippen LogP contribution >= 0.6 is 0 Å². The minimum absolute atomic E-state index is 0.0493. The number of carbonyl (C=O) groups excluding carboxylic acids is 2. The van der Waals surface area contributed by atoms with Gasteiger partial charge in [0.15, 0.2) is 5.78 Å². The summed E-state index contributed by atoms with van der Waals surface area (Å²) >= 11 is 0. The van der Waals surface area contributed by atoms with Gasteiger partial charge in [0.2, 0.25) is 0 Å². The van der Waals surface area contributed by atoms with E-state index >= 15 is 0 Å². The maximum absolute atomic E-state index is 12.6. The smallest absolute Gasteiger partial charge is 0.255 e. The summed E-state index contributed by atoms with van der Waals surface area (Å²) in [6.45, 7) is 1.49. The number of Topliss-reactive ketones (excluding diaryl/α,β-unsaturated/α-hetero) is 1. The number of ketones is 1. The maximum Gasteiger partial charge on any atom is 0.255 e. The first-order chi connectivity index (χ1) is 13.4. The van der Waals surface area contributed by atoms with Gasteiger partial charge in [0, 0.05) is 48.5 Å². The van der Waals surface area contributed by atoms with Gasteiger partial charge in [0.1, 0.15) is 5.82 Å². The molecular weight excluding hydrogens is 352 g/mol. The molecule has 3 rings (SSSR count). The van der Waals surface area contributed by atoms with Crippen LogP contribution in [-0.4, -0.2) is 30.8 Å². The van der Waals surface area contributed by atoms with Crippen LogP contribution in [0.4, 0.5) is 22.9 Å². The highest BCUT2D eigenvalue weighted by Crippen LogP contribution is 2.20. The van der Waals surface area contributed by atoms with Gasteiger partial charge in [0.05, 0.1) is 0 Å². The Morgan fingerprint density at radius 3 is 2.32 bits per heavy atom. The molecule has 0 aliphatic carbocycles. The van der Waals surface area contributed by atoms with Crippen LogP contribution < -0.4 is 15.5 Å². The normalized spacial score (nSPS) is 10.2. The fraction of sp³-hybridized carbons (Fsp3) is 0.136. The number of pyridine rings is 1. The lowest BCUT2D eigenvalue weighted by molar-refractivity contribution is 0.101. The van der Waals surface area contributed by atoms with E-state index in [-0.39, 0.29) is 11.7 Å². The van der Waals surface area contributed by atoms with Crippen molar-refractivity contribution in [3.05, 3.63) is 78.0 Å². The van der Waals surface area contributed by atoms with Crippen LogP contribution in [0.2, 0.25) is 0 Å². The number of benzene rings is 2. The molecule has 1 heterocycles. The first-order valence-electron chi connectivity index (χ1n) is 8.85. The van der Waals surface area contributed by atoms with E-state index in [2.05, 4.69) is 15.6 Å². The number of hydrogen-bond acceptors (Lipinski definition) is 5. The topological polar surface area (TPSA) is 74.3 Å². The highest BCUT2D eigenvalue weighted by Gasteiger charge is 2.09. The van der Waals surface area contributed by atoms with Crippen molar-refractivity contribution in [2.45, 2.75) is 6.92 Å². The van der Waals surface area contributed by atoms with E-state index in [4.69, 9.17) is 0 Å². The second-order valence-electron chi connectivity index (χ2n) is 6.59. The Bertz CT molecular complexity index is 997. The van der Waals surface area contributed by atoms with Crippen molar-refractivity contribution < 1.29 is 9.59 Å². The summed E-state index contributed by atoms with van der Waals surface area (Å²) in [5, 5.41) is 6.01. The van der Waals surface area contributed by atoms with Gasteiger partial charge in [-0.15, -0.1) is 0 Å². The van der Waals surface area contributed by atoms with Gasteiger partial charge in [-0.2, -0.15) is 0 Å². The Kier molecular flexibility index (Phi) is 5.69. The van der Waals surface area contributed by atoms with Gasteiger partial charge in [-0.25, -0.2) is 4.98 Å². The summed E-state index contributed by atoms with van der Waals surface area (Å²) in [6.07, 6.45) is 1.58. The maximum atomic E-state index is 12.6. The number of nitrogens with zero attached hydrogens (tertiary/aromatic N) is 2. The molecule has 2 N–H and O–H groups in total. The van der Waals surface area contributed by atoms with Crippen LogP contribution in [0, 0.1) is 0 Å². The molecule has 6 nitrogen and oxygen atoms in total. The van der Waals surface area contributed by atoms with Crippen LogP contribution in [0.15, 0.2) is 66.9 Å². The molecule has 0 unspecified atom stereocenters. The van der Waals surface area contributed by atoms with Crippen molar-refractivity contribution in [1.29, 1.82) is 0 Å². The Hall–Kier alpha value is -3.67. The predicted molar refractivity (Wildman–Crippen MR) is 113 cm³/mol. The van der Waals surface area contributed by atoms with Crippen molar-refractivity contribution >= 4 is 34.6 Å². The molecule has 0 radical (unpaired) electrons. The van der Waals surface area contributed by atoms with Gasteiger partial charge in [0.25, 0.3) is 5.91 Å². The Morgan fingerprint density at radius 2 is 1.64 bits per heavy atom. The summed E-state index contributed by atoms with van der Waals surface area (Å²) in [5.41, 5.74) is 3.57. The van der Waals surface area contributed by atoms with Gasteiger partial charge in [-0.05, 0) is 55.5 Å². The van der Waals surface area contributed by atoms with Gasteiger partial charge < -0.3 is 15.5 Å². The van der Waals surface area contributed by atoms with Crippen molar-refractivity contribution in [2.75, 3.05) is 29.6 Å². The predicted octanol–water partition coefficient (Wildman–Crippen LogP) is 4.35. The molecule has 6 heteroatoms. The second-order valence-corrected chi connectivity index (χ2v) is 6.59. The largest absolute Gasteiger partial charge is 0.378 e. The molecule has 0 atom stereocenters. The number of carbonyl (C=O) groups is 2. The minimum atomic E-state index is -0.269. The van der Waals surface area contributed by atoms with Crippen LogP contribution in [0.3, 0.4) is 0 Å². The quantitative estimate of drug-likeness (QED) is 0.628. The number of rotatable bonds is 6. The lowest BCUT2D eigenvalue weighted by Gasteiger charge is -2.13. The first-order valence-corrected chi connectivity index (χ1v) is 8.85. The van der Waals surface area contributed by atoms with Crippen LogP contribution in [0.1, 0.15) is 27.6 Å². The van der Waals surface area contributed by atoms with Crippen LogP contribution in [-0.2, 0) is 0 Å². The first kappa shape index (κ1) is 19.1. The fourth-order valence-corrected chi connectivity index (χ4v) is 2.65. The molecule has 2 aromatic carbocycles. The average molecular weight is 374 g/mol. The third-order valence-corrected chi connectivity index (χ3v) is 4.21. The molecule has 1 aromatic heterocycles. The minimum Gasteiger partial charge on any atom is -0.378 e. The Labute approximate surface area is 164 Å². The summed E-state index contributed by atoms with van der Waals surface area (Å²) in [5.74, 6) is 0.253. The molecule has 0 fully saturated rings. The van der Waals surface area contributed by atoms with Gasteiger partial charge >= 0.3 is 0 Å². The molecule has 0 bridgehead atoms. The Balaban J connectivity index is 1.72. The van der Waals surface area contributed by atoms with E-state index in [0.717, 1.165) is 11.4 Å². The van der Waals surface area contributed by atoms with Gasteiger partial charge in [-0.1, -0.05) is 12.1 Å². The number of nitrogens with one attached hydrogen (secondary N) is 2. The number of hydrogen-bond donors (Lipinski definition) is 2. The zero-order chi connectivity index (χ0) is 20.1. The average Bonchev–Trinajstić information content (AvgIpc) is 2.69. The Morgan fingerprint density at radius 1 is 0.893 bits per heavy atom. The van der Waals surface area contributed by atoms with E-state index < -0.39 is 0 Å². The zero-order valence-electron chi connectivity index (χ0n) is 16.1. The number of anilines is 4. The third-order valence-electron chi connectivity index (χ3n) is 4.21. The fourth-order valence-electron chi connectivity index (χ4n) is 2.65. The van der Waals surface area contributed by atoms with Crippen molar-refractivity contribution in [2.24, 2.45) is 0 Å². The molecule has 0 spiro atoms. The third kappa shape index (κ3) is 4.73. The lowest BCUT2D eigenvalue weighted by atomic mass is 10.1. The SMILES string of the molecule is CC(=O)c1cccc(NC(=O)c2ccnc(Nc3ccc(N(C)C)cc3)c2)c1. The van der Waals surface area contributed by atoms with Crippen molar-refractivity contribution in [1.82, 2.24) is 4.98 Å².